The van der Waals surface area contributed by atoms with Crippen molar-refractivity contribution in [3.63, 3.8) is 0 Å². The normalized spacial score (nSPS) is 12.2. The summed E-state index contributed by atoms with van der Waals surface area (Å²) in [5, 5.41) is 3.14. The summed E-state index contributed by atoms with van der Waals surface area (Å²) in [5.41, 5.74) is 1.000. The van der Waals surface area contributed by atoms with Gasteiger partial charge >= 0.3 is 0 Å². The summed E-state index contributed by atoms with van der Waals surface area (Å²) in [6, 6.07) is 12.4. The maximum absolute atomic E-state index is 13.4. The second kappa shape index (κ2) is 11.4. The number of rotatable bonds is 10. The predicted octanol–water partition coefficient (Wildman–Crippen LogP) is 3.06. The van der Waals surface area contributed by atoms with Crippen LogP contribution in [0.4, 0.5) is 5.69 Å². The third-order valence-corrected chi connectivity index (χ3v) is 6.24. The second-order valence-corrected chi connectivity index (χ2v) is 10.3. The summed E-state index contributed by atoms with van der Waals surface area (Å²) < 4.78 is 31.2. The number of methoxy groups -OCH3 is 1. The summed E-state index contributed by atoms with van der Waals surface area (Å²) in [6.07, 6.45) is 1.02. The number of hydrogen-bond donors (Lipinski definition) is 1. The minimum absolute atomic E-state index is 0.0931. The van der Waals surface area contributed by atoms with Crippen molar-refractivity contribution in [3.05, 3.63) is 59.1 Å². The highest BCUT2D eigenvalue weighted by atomic mass is 35.5. The maximum atomic E-state index is 13.4. The van der Waals surface area contributed by atoms with Crippen molar-refractivity contribution in [2.24, 2.45) is 0 Å². The van der Waals surface area contributed by atoms with Gasteiger partial charge in [-0.3, -0.25) is 13.9 Å². The van der Waals surface area contributed by atoms with Gasteiger partial charge in [-0.25, -0.2) is 8.42 Å². The van der Waals surface area contributed by atoms with Crippen molar-refractivity contribution in [2.75, 3.05) is 24.2 Å². The number of anilines is 1. The lowest BCUT2D eigenvalue weighted by Gasteiger charge is -2.32. The zero-order chi connectivity index (χ0) is 24.8. The van der Waals surface area contributed by atoms with Crippen LogP contribution in [0, 0.1) is 0 Å². The molecule has 8 nitrogen and oxygen atoms in total. The molecule has 180 valence electrons. The van der Waals surface area contributed by atoms with Crippen LogP contribution < -0.4 is 14.4 Å². The molecule has 0 unspecified atom stereocenters. The van der Waals surface area contributed by atoms with Gasteiger partial charge in [-0.15, -0.1) is 0 Å². The van der Waals surface area contributed by atoms with Crippen molar-refractivity contribution in [1.29, 1.82) is 0 Å². The Balaban J connectivity index is 2.40. The molecule has 0 aromatic heterocycles. The molecule has 0 fully saturated rings. The van der Waals surface area contributed by atoms with Gasteiger partial charge in [-0.2, -0.15) is 0 Å². The van der Waals surface area contributed by atoms with Crippen molar-refractivity contribution in [3.8, 4) is 5.75 Å². The number of nitrogens with zero attached hydrogens (tertiary/aromatic N) is 2. The molecule has 1 atom stereocenters. The van der Waals surface area contributed by atoms with Crippen molar-refractivity contribution < 1.29 is 22.7 Å². The highest BCUT2D eigenvalue weighted by molar-refractivity contribution is 7.92. The van der Waals surface area contributed by atoms with Crippen molar-refractivity contribution in [2.45, 2.75) is 39.4 Å². The lowest BCUT2D eigenvalue weighted by atomic mass is 10.1. The fourth-order valence-corrected chi connectivity index (χ4v) is 4.23. The second-order valence-electron chi connectivity index (χ2n) is 7.96. The van der Waals surface area contributed by atoms with Crippen LogP contribution in [-0.4, -0.2) is 57.1 Å². The van der Waals surface area contributed by atoms with Crippen LogP contribution in [0.1, 0.15) is 26.3 Å². The van der Waals surface area contributed by atoms with E-state index in [1.165, 1.54) is 18.1 Å². The lowest BCUT2D eigenvalue weighted by Crippen LogP contribution is -2.52. The van der Waals surface area contributed by atoms with E-state index < -0.39 is 28.5 Å². The van der Waals surface area contributed by atoms with Gasteiger partial charge in [-0.1, -0.05) is 29.8 Å². The molecule has 2 aromatic carbocycles. The number of nitrogens with one attached hydrogen (secondary N) is 1. The quantitative estimate of drug-likeness (QED) is 0.546. The van der Waals surface area contributed by atoms with Gasteiger partial charge in [0.15, 0.2) is 0 Å². The standard InChI is InChI=1S/C23H30ClN3O5S/c1-16(2)25-23(29)17(3)26(14-18-8-6-11-21(12-18)32-4)22(28)15-27(33(5,30)31)20-10-7-9-19(24)13-20/h6-13,16-17H,14-15H2,1-5H3,(H,25,29)/t17-/m0/s1. The molecule has 0 heterocycles. The first kappa shape index (κ1) is 26.5. The molecule has 10 heteroatoms. The number of benzene rings is 2. The molecule has 0 saturated carbocycles. The molecular weight excluding hydrogens is 466 g/mol. The highest BCUT2D eigenvalue weighted by Crippen LogP contribution is 2.23. The Kier molecular flexibility index (Phi) is 9.13. The maximum Gasteiger partial charge on any atom is 0.244 e. The average molecular weight is 496 g/mol. The summed E-state index contributed by atoms with van der Waals surface area (Å²) in [7, 11) is -2.27. The van der Waals surface area contributed by atoms with E-state index in [9.17, 15) is 18.0 Å². The van der Waals surface area contributed by atoms with Gasteiger partial charge in [0.1, 0.15) is 18.3 Å². The Hall–Kier alpha value is -2.78. The minimum atomic E-state index is -3.81. The van der Waals surface area contributed by atoms with E-state index in [4.69, 9.17) is 16.3 Å². The largest absolute Gasteiger partial charge is 0.497 e. The van der Waals surface area contributed by atoms with Crippen LogP contribution in [-0.2, 0) is 26.2 Å². The van der Waals surface area contributed by atoms with Crippen LogP contribution in [0.5, 0.6) is 5.75 Å². The van der Waals surface area contributed by atoms with E-state index in [2.05, 4.69) is 5.32 Å². The van der Waals surface area contributed by atoms with Crippen LogP contribution in [0.25, 0.3) is 0 Å². The summed E-state index contributed by atoms with van der Waals surface area (Å²) in [5.74, 6) is -0.264. The Morgan fingerprint density at radius 1 is 1.09 bits per heavy atom. The number of carbonyl (C=O) groups excluding carboxylic acids is 2. The fraction of sp³-hybridized carbons (Fsp3) is 0.391. The Bertz CT molecular complexity index is 1090. The van der Waals surface area contributed by atoms with Crippen LogP contribution in [0.15, 0.2) is 48.5 Å². The van der Waals surface area contributed by atoms with Crippen LogP contribution in [0.2, 0.25) is 5.02 Å². The first-order valence-corrected chi connectivity index (χ1v) is 12.6. The number of ether oxygens (including phenoxy) is 1. The van der Waals surface area contributed by atoms with E-state index in [0.29, 0.717) is 10.8 Å². The predicted molar refractivity (Wildman–Crippen MR) is 130 cm³/mol. The molecule has 0 bridgehead atoms. The summed E-state index contributed by atoms with van der Waals surface area (Å²) >= 11 is 6.03. The van der Waals surface area contributed by atoms with Gasteiger partial charge in [-0.05, 0) is 56.7 Å². The van der Waals surface area contributed by atoms with Gasteiger partial charge in [0, 0.05) is 17.6 Å². The number of amides is 2. The summed E-state index contributed by atoms with van der Waals surface area (Å²) in [6.45, 7) is 4.87. The van der Waals surface area contributed by atoms with Gasteiger partial charge < -0.3 is 15.0 Å². The molecule has 0 spiro atoms. The summed E-state index contributed by atoms with van der Waals surface area (Å²) in [4.78, 5) is 27.5. The third kappa shape index (κ3) is 7.64. The molecule has 2 aromatic rings. The molecule has 0 aliphatic heterocycles. The molecule has 0 aliphatic rings. The van der Waals surface area contributed by atoms with Crippen LogP contribution >= 0.6 is 11.6 Å². The molecule has 1 N–H and O–H groups in total. The third-order valence-electron chi connectivity index (χ3n) is 4.86. The molecule has 33 heavy (non-hydrogen) atoms. The Morgan fingerprint density at radius 2 is 1.76 bits per heavy atom. The molecule has 0 radical (unpaired) electrons. The Morgan fingerprint density at radius 3 is 2.33 bits per heavy atom. The minimum Gasteiger partial charge on any atom is -0.497 e. The first-order valence-electron chi connectivity index (χ1n) is 10.4. The Labute approximate surface area is 200 Å². The van der Waals surface area contributed by atoms with E-state index >= 15 is 0 Å². The topological polar surface area (TPSA) is 96.0 Å². The number of carbonyl (C=O) groups is 2. The van der Waals surface area contributed by atoms with Gasteiger partial charge in [0.2, 0.25) is 21.8 Å². The lowest BCUT2D eigenvalue weighted by molar-refractivity contribution is -0.139. The number of halogens is 1. The molecule has 0 saturated heterocycles. The SMILES string of the molecule is COc1cccc(CN(C(=O)CN(c2cccc(Cl)c2)S(C)(=O)=O)[C@@H](C)C(=O)NC(C)C)c1. The molecule has 2 amide bonds. The van der Waals surface area contributed by atoms with E-state index in [-0.39, 0.29) is 24.2 Å². The molecule has 0 aliphatic carbocycles. The molecular formula is C23H30ClN3O5S. The van der Waals surface area contributed by atoms with Gasteiger partial charge in [0.25, 0.3) is 0 Å². The highest BCUT2D eigenvalue weighted by Gasteiger charge is 2.30. The van der Waals surface area contributed by atoms with Crippen molar-refractivity contribution in [1.82, 2.24) is 10.2 Å². The smallest absolute Gasteiger partial charge is 0.244 e. The van der Waals surface area contributed by atoms with Crippen LogP contribution in [0.3, 0.4) is 0 Å². The zero-order valence-corrected chi connectivity index (χ0v) is 21.0. The van der Waals surface area contributed by atoms with Crippen molar-refractivity contribution >= 4 is 39.1 Å². The average Bonchev–Trinajstić information content (AvgIpc) is 2.74. The monoisotopic (exact) mass is 495 g/mol. The van der Waals surface area contributed by atoms with E-state index in [1.807, 2.05) is 13.8 Å². The fourth-order valence-electron chi connectivity index (χ4n) is 3.20. The van der Waals surface area contributed by atoms with E-state index in [0.717, 1.165) is 16.1 Å². The zero-order valence-electron chi connectivity index (χ0n) is 19.4. The first-order chi connectivity index (χ1) is 15.4. The van der Waals surface area contributed by atoms with Gasteiger partial charge in [0.05, 0.1) is 19.1 Å². The van der Waals surface area contributed by atoms with E-state index in [1.54, 1.807) is 49.4 Å². The molecule has 2 rings (SSSR count). The number of hydrogen-bond acceptors (Lipinski definition) is 5. The number of sulfonamides is 1.